The maximum atomic E-state index is 10.7. The zero-order chi connectivity index (χ0) is 14.0. The lowest BCUT2D eigenvalue weighted by Gasteiger charge is -2.16. The number of rotatable bonds is 4. The highest BCUT2D eigenvalue weighted by Crippen LogP contribution is 2.37. The first-order chi connectivity index (χ1) is 8.99. The molecule has 0 aliphatic rings. The molecule has 0 fully saturated rings. The number of hydrogen-bond acceptors (Lipinski definition) is 3. The van der Waals surface area contributed by atoms with Crippen molar-refractivity contribution < 1.29 is 14.6 Å². The summed E-state index contributed by atoms with van der Waals surface area (Å²) in [5.74, 6) is -0.328. The maximum absolute atomic E-state index is 10.7. The number of pyridine rings is 1. The molecule has 0 spiro atoms. The zero-order valence-corrected chi connectivity index (χ0v) is 13.2. The number of ether oxygens (including phenoxy) is 1. The fourth-order valence-corrected chi connectivity index (χ4v) is 3.11. The first-order valence-corrected chi connectivity index (χ1v) is 7.19. The second kappa shape index (κ2) is 5.88. The topological polar surface area (TPSA) is 59.4 Å². The quantitative estimate of drug-likeness (QED) is 0.859. The van der Waals surface area contributed by atoms with Gasteiger partial charge in [-0.3, -0.25) is 9.78 Å². The second-order valence-electron chi connectivity index (χ2n) is 4.10. The molecular formula is C13H11Br2NO3. The summed E-state index contributed by atoms with van der Waals surface area (Å²) in [4.78, 5) is 15.0. The molecule has 0 saturated carbocycles. The van der Waals surface area contributed by atoms with E-state index >= 15 is 0 Å². The van der Waals surface area contributed by atoms with Gasteiger partial charge in [-0.15, -0.1) is 0 Å². The molecule has 1 N–H and O–H groups in total. The fourth-order valence-electron chi connectivity index (χ4n) is 1.75. The predicted molar refractivity (Wildman–Crippen MR) is 79.5 cm³/mol. The minimum absolute atomic E-state index is 0.0587. The van der Waals surface area contributed by atoms with E-state index in [0.29, 0.717) is 11.3 Å². The van der Waals surface area contributed by atoms with E-state index in [1.165, 1.54) is 0 Å². The van der Waals surface area contributed by atoms with Gasteiger partial charge in [0.25, 0.3) is 0 Å². The SMILES string of the molecule is CC(CC(=O)O)Oc1c(Br)cc(Br)c2cccnc12. The monoisotopic (exact) mass is 387 g/mol. The molecule has 4 nitrogen and oxygen atoms in total. The van der Waals surface area contributed by atoms with Crippen molar-refractivity contribution in [3.05, 3.63) is 33.3 Å². The lowest BCUT2D eigenvalue weighted by atomic mass is 10.2. The number of carbonyl (C=O) groups is 1. The predicted octanol–water partition coefficient (Wildman–Crippen LogP) is 4.00. The summed E-state index contributed by atoms with van der Waals surface area (Å²) in [5.41, 5.74) is 0.695. The van der Waals surface area contributed by atoms with E-state index in [-0.39, 0.29) is 6.42 Å². The van der Waals surface area contributed by atoms with Crippen LogP contribution in [-0.2, 0) is 4.79 Å². The van der Waals surface area contributed by atoms with Crippen LogP contribution in [0, 0.1) is 0 Å². The Hall–Kier alpha value is -1.14. The van der Waals surface area contributed by atoms with E-state index in [2.05, 4.69) is 36.8 Å². The van der Waals surface area contributed by atoms with Crippen molar-refractivity contribution in [2.75, 3.05) is 0 Å². The number of benzene rings is 1. The molecule has 2 rings (SSSR count). The van der Waals surface area contributed by atoms with Crippen LogP contribution in [0.25, 0.3) is 10.9 Å². The fraction of sp³-hybridized carbons (Fsp3) is 0.231. The third kappa shape index (κ3) is 3.25. The summed E-state index contributed by atoms with van der Waals surface area (Å²) in [6.07, 6.45) is 1.19. The average Bonchev–Trinajstić information content (AvgIpc) is 2.33. The highest BCUT2D eigenvalue weighted by Gasteiger charge is 2.16. The highest BCUT2D eigenvalue weighted by molar-refractivity contribution is 9.11. The molecule has 1 unspecified atom stereocenters. The molecule has 0 radical (unpaired) electrons. The van der Waals surface area contributed by atoms with E-state index in [0.717, 1.165) is 14.3 Å². The Morgan fingerprint density at radius 1 is 1.47 bits per heavy atom. The number of nitrogens with zero attached hydrogens (tertiary/aromatic N) is 1. The number of carboxylic acid groups (broad SMARTS) is 1. The van der Waals surface area contributed by atoms with Gasteiger partial charge in [0.2, 0.25) is 0 Å². The van der Waals surface area contributed by atoms with Gasteiger partial charge in [0.15, 0.2) is 5.75 Å². The van der Waals surface area contributed by atoms with Crippen LogP contribution in [0.3, 0.4) is 0 Å². The van der Waals surface area contributed by atoms with Gasteiger partial charge in [0.1, 0.15) is 11.6 Å². The molecule has 1 heterocycles. The molecule has 2 aromatic rings. The highest BCUT2D eigenvalue weighted by atomic mass is 79.9. The van der Waals surface area contributed by atoms with Crippen LogP contribution < -0.4 is 4.74 Å². The molecule has 6 heteroatoms. The minimum atomic E-state index is -0.891. The van der Waals surface area contributed by atoms with Crippen molar-refractivity contribution in [3.63, 3.8) is 0 Å². The molecule has 0 bridgehead atoms. The first-order valence-electron chi connectivity index (χ1n) is 5.60. The molecule has 0 saturated heterocycles. The summed E-state index contributed by atoms with van der Waals surface area (Å²) in [5, 5.41) is 9.69. The van der Waals surface area contributed by atoms with E-state index in [9.17, 15) is 4.79 Å². The number of halogens is 2. The van der Waals surface area contributed by atoms with Gasteiger partial charge in [-0.25, -0.2) is 0 Å². The van der Waals surface area contributed by atoms with E-state index in [1.807, 2.05) is 18.2 Å². The molecule has 19 heavy (non-hydrogen) atoms. The Balaban J connectivity index is 2.45. The molecule has 100 valence electrons. The Labute approximate surface area is 127 Å². The smallest absolute Gasteiger partial charge is 0.307 e. The van der Waals surface area contributed by atoms with Crippen molar-refractivity contribution >= 4 is 48.7 Å². The van der Waals surface area contributed by atoms with E-state index < -0.39 is 12.1 Å². The van der Waals surface area contributed by atoms with Gasteiger partial charge >= 0.3 is 5.97 Å². The van der Waals surface area contributed by atoms with Crippen LogP contribution in [0.5, 0.6) is 5.75 Å². The number of carboxylic acids is 1. The average molecular weight is 389 g/mol. The number of aromatic nitrogens is 1. The maximum Gasteiger partial charge on any atom is 0.307 e. The lowest BCUT2D eigenvalue weighted by molar-refractivity contribution is -0.138. The Morgan fingerprint density at radius 2 is 2.21 bits per heavy atom. The zero-order valence-electron chi connectivity index (χ0n) is 10.1. The molecular weight excluding hydrogens is 378 g/mol. The summed E-state index contributed by atoms with van der Waals surface area (Å²) in [7, 11) is 0. The van der Waals surface area contributed by atoms with Crippen LogP contribution in [0.1, 0.15) is 13.3 Å². The number of fused-ring (bicyclic) bond motifs is 1. The molecule has 0 amide bonds. The Bertz CT molecular complexity index is 631. The van der Waals surface area contributed by atoms with E-state index in [4.69, 9.17) is 9.84 Å². The van der Waals surface area contributed by atoms with Crippen LogP contribution in [0.4, 0.5) is 0 Å². The van der Waals surface area contributed by atoms with Crippen molar-refractivity contribution in [1.29, 1.82) is 0 Å². The molecule has 1 aromatic carbocycles. The Morgan fingerprint density at radius 3 is 2.89 bits per heavy atom. The summed E-state index contributed by atoms with van der Waals surface area (Å²) < 4.78 is 7.36. The van der Waals surface area contributed by atoms with Gasteiger partial charge in [0, 0.05) is 16.1 Å². The van der Waals surface area contributed by atoms with Crippen molar-refractivity contribution in [2.45, 2.75) is 19.4 Å². The summed E-state index contributed by atoms with van der Waals surface area (Å²) >= 11 is 6.89. The largest absolute Gasteiger partial charge is 0.487 e. The van der Waals surface area contributed by atoms with Gasteiger partial charge in [-0.1, -0.05) is 22.0 Å². The molecule has 1 atom stereocenters. The van der Waals surface area contributed by atoms with E-state index in [1.54, 1.807) is 13.1 Å². The molecule has 0 aliphatic carbocycles. The molecule has 0 aliphatic heterocycles. The van der Waals surface area contributed by atoms with Gasteiger partial charge < -0.3 is 9.84 Å². The summed E-state index contributed by atoms with van der Waals surface area (Å²) in [6.45, 7) is 1.72. The Kier molecular flexibility index (Phi) is 4.42. The van der Waals surface area contributed by atoms with Gasteiger partial charge in [0.05, 0.1) is 10.9 Å². The van der Waals surface area contributed by atoms with Crippen LogP contribution >= 0.6 is 31.9 Å². The van der Waals surface area contributed by atoms with Crippen LogP contribution in [-0.4, -0.2) is 22.2 Å². The summed E-state index contributed by atoms with van der Waals surface area (Å²) in [6, 6.07) is 5.63. The van der Waals surface area contributed by atoms with Crippen molar-refractivity contribution in [1.82, 2.24) is 4.98 Å². The van der Waals surface area contributed by atoms with Crippen molar-refractivity contribution in [2.24, 2.45) is 0 Å². The first kappa shape index (κ1) is 14.3. The number of hydrogen-bond donors (Lipinski definition) is 1. The lowest BCUT2D eigenvalue weighted by Crippen LogP contribution is -2.17. The third-order valence-electron chi connectivity index (χ3n) is 2.53. The third-order valence-corrected chi connectivity index (χ3v) is 3.78. The van der Waals surface area contributed by atoms with Crippen LogP contribution in [0.2, 0.25) is 0 Å². The number of aliphatic carboxylic acids is 1. The van der Waals surface area contributed by atoms with Crippen LogP contribution in [0.15, 0.2) is 33.3 Å². The normalized spacial score (nSPS) is 12.4. The second-order valence-corrected chi connectivity index (χ2v) is 5.80. The standard InChI is InChI=1S/C13H11Br2NO3/c1-7(5-11(17)18)19-13-10(15)6-9(14)8-3-2-4-16-12(8)13/h2-4,6-7H,5H2,1H3,(H,17,18). The van der Waals surface area contributed by atoms with Gasteiger partial charge in [-0.05, 0) is 35.0 Å². The van der Waals surface area contributed by atoms with Gasteiger partial charge in [-0.2, -0.15) is 0 Å². The molecule has 1 aromatic heterocycles. The minimum Gasteiger partial charge on any atom is -0.487 e. The van der Waals surface area contributed by atoms with Crippen molar-refractivity contribution in [3.8, 4) is 5.75 Å².